The number of benzene rings is 2. The van der Waals surface area contributed by atoms with Gasteiger partial charge in [-0.25, -0.2) is 12.7 Å². The minimum Gasteiger partial charge on any atom is -0.334 e. The highest BCUT2D eigenvalue weighted by Crippen LogP contribution is 2.24. The Bertz CT molecular complexity index is 909. The highest BCUT2D eigenvalue weighted by atomic mass is 35.5. The minimum absolute atomic E-state index is 0.0482. The predicted octanol–water partition coefficient (Wildman–Crippen LogP) is 3.95. The Balaban J connectivity index is 2.38. The lowest BCUT2D eigenvalue weighted by Crippen LogP contribution is -2.32. The van der Waals surface area contributed by atoms with Gasteiger partial charge in [-0.3, -0.25) is 4.79 Å². The average Bonchev–Trinajstić information content (AvgIpc) is 2.62. The van der Waals surface area contributed by atoms with Gasteiger partial charge in [-0.05, 0) is 37.1 Å². The molecule has 0 spiro atoms. The first-order chi connectivity index (χ1) is 12.7. The molecule has 5 nitrogen and oxygen atoms in total. The standard InChI is InChI=1S/C20H25ClN2O3S/c1-5-12-23(14-16-8-6-15(2)7-9-16)20(24)18-13-17(10-11-19(18)21)27(25,26)22(3)4/h6-11,13H,5,12,14H2,1-4H3. The largest absolute Gasteiger partial charge is 0.334 e. The summed E-state index contributed by atoms with van der Waals surface area (Å²) in [5.74, 6) is -0.279. The molecule has 0 fully saturated rings. The van der Waals surface area contributed by atoms with Crippen LogP contribution >= 0.6 is 11.6 Å². The number of carbonyl (C=O) groups is 1. The maximum atomic E-state index is 13.1. The van der Waals surface area contributed by atoms with Crippen LogP contribution in [-0.2, 0) is 16.6 Å². The van der Waals surface area contributed by atoms with Crippen molar-refractivity contribution < 1.29 is 13.2 Å². The number of hydrogen-bond acceptors (Lipinski definition) is 3. The first-order valence-corrected chi connectivity index (χ1v) is 10.6. The molecule has 0 radical (unpaired) electrons. The highest BCUT2D eigenvalue weighted by molar-refractivity contribution is 7.89. The normalized spacial score (nSPS) is 11.6. The van der Waals surface area contributed by atoms with E-state index in [0.717, 1.165) is 21.9 Å². The summed E-state index contributed by atoms with van der Waals surface area (Å²) in [5.41, 5.74) is 2.35. The van der Waals surface area contributed by atoms with Gasteiger partial charge < -0.3 is 4.90 Å². The second-order valence-electron chi connectivity index (χ2n) is 6.64. The van der Waals surface area contributed by atoms with Crippen LogP contribution in [0.25, 0.3) is 0 Å². The smallest absolute Gasteiger partial charge is 0.255 e. The van der Waals surface area contributed by atoms with Gasteiger partial charge in [-0.1, -0.05) is 48.4 Å². The SMILES string of the molecule is CCCN(Cc1ccc(C)cc1)C(=O)c1cc(S(=O)(=O)N(C)C)ccc1Cl. The summed E-state index contributed by atoms with van der Waals surface area (Å²) in [4.78, 5) is 14.8. The molecule has 0 aliphatic rings. The maximum absolute atomic E-state index is 13.1. The van der Waals surface area contributed by atoms with E-state index in [0.29, 0.717) is 13.1 Å². The van der Waals surface area contributed by atoms with E-state index in [-0.39, 0.29) is 21.4 Å². The lowest BCUT2D eigenvalue weighted by atomic mass is 10.1. The Morgan fingerprint density at radius 2 is 1.70 bits per heavy atom. The number of hydrogen-bond donors (Lipinski definition) is 0. The number of carbonyl (C=O) groups excluding carboxylic acids is 1. The van der Waals surface area contributed by atoms with Crippen molar-refractivity contribution in [2.24, 2.45) is 0 Å². The van der Waals surface area contributed by atoms with Crippen LogP contribution in [0.2, 0.25) is 5.02 Å². The second kappa shape index (κ2) is 8.87. The topological polar surface area (TPSA) is 57.7 Å². The minimum atomic E-state index is -3.65. The molecule has 0 bridgehead atoms. The van der Waals surface area contributed by atoms with E-state index in [1.807, 2.05) is 38.1 Å². The van der Waals surface area contributed by atoms with E-state index >= 15 is 0 Å². The van der Waals surface area contributed by atoms with Gasteiger partial charge in [0.1, 0.15) is 0 Å². The van der Waals surface area contributed by atoms with Gasteiger partial charge in [-0.15, -0.1) is 0 Å². The third-order valence-corrected chi connectivity index (χ3v) is 6.36. The Kier molecular flexibility index (Phi) is 7.03. The summed E-state index contributed by atoms with van der Waals surface area (Å²) in [6.45, 7) is 4.99. The van der Waals surface area contributed by atoms with Crippen molar-refractivity contribution in [3.05, 3.63) is 64.2 Å². The molecule has 2 rings (SSSR count). The molecule has 0 N–H and O–H groups in total. The molecule has 0 unspecified atom stereocenters. The zero-order valence-corrected chi connectivity index (χ0v) is 17.6. The van der Waals surface area contributed by atoms with E-state index in [2.05, 4.69) is 0 Å². The van der Waals surface area contributed by atoms with Gasteiger partial charge in [0.25, 0.3) is 5.91 Å². The van der Waals surface area contributed by atoms with Crippen LogP contribution in [-0.4, -0.2) is 44.2 Å². The van der Waals surface area contributed by atoms with Crippen LogP contribution < -0.4 is 0 Å². The molecule has 27 heavy (non-hydrogen) atoms. The fourth-order valence-corrected chi connectivity index (χ4v) is 3.77. The van der Waals surface area contributed by atoms with Gasteiger partial charge in [0.05, 0.1) is 15.5 Å². The van der Waals surface area contributed by atoms with Gasteiger partial charge in [0.15, 0.2) is 0 Å². The summed E-state index contributed by atoms with van der Waals surface area (Å²) < 4.78 is 25.9. The molecule has 0 aromatic heterocycles. The fraction of sp³-hybridized carbons (Fsp3) is 0.350. The molecule has 0 heterocycles. The van der Waals surface area contributed by atoms with Crippen molar-refractivity contribution >= 4 is 27.5 Å². The molecule has 0 aliphatic heterocycles. The van der Waals surface area contributed by atoms with Crippen molar-refractivity contribution in [2.45, 2.75) is 31.7 Å². The summed E-state index contributed by atoms with van der Waals surface area (Å²) in [5, 5.41) is 0.239. The van der Waals surface area contributed by atoms with Crippen molar-refractivity contribution in [1.29, 1.82) is 0 Å². The molecule has 2 aromatic carbocycles. The van der Waals surface area contributed by atoms with Crippen molar-refractivity contribution in [2.75, 3.05) is 20.6 Å². The van der Waals surface area contributed by atoms with Crippen LogP contribution in [0.3, 0.4) is 0 Å². The molecule has 0 saturated carbocycles. The summed E-state index contributed by atoms with van der Waals surface area (Å²) in [6, 6.07) is 12.2. The lowest BCUT2D eigenvalue weighted by Gasteiger charge is -2.23. The third kappa shape index (κ3) is 5.09. The molecule has 2 aromatic rings. The molecular weight excluding hydrogens is 384 g/mol. The lowest BCUT2D eigenvalue weighted by molar-refractivity contribution is 0.0743. The highest BCUT2D eigenvalue weighted by Gasteiger charge is 2.23. The van der Waals surface area contributed by atoms with Crippen LogP contribution in [0.5, 0.6) is 0 Å². The quantitative estimate of drug-likeness (QED) is 0.696. The van der Waals surface area contributed by atoms with E-state index in [1.54, 1.807) is 4.90 Å². The van der Waals surface area contributed by atoms with Gasteiger partial charge >= 0.3 is 0 Å². The van der Waals surface area contributed by atoms with Crippen LogP contribution in [0.4, 0.5) is 0 Å². The number of amides is 1. The molecule has 1 amide bonds. The molecule has 0 atom stereocenters. The Morgan fingerprint density at radius 1 is 1.07 bits per heavy atom. The first-order valence-electron chi connectivity index (χ1n) is 8.73. The van der Waals surface area contributed by atoms with E-state index in [9.17, 15) is 13.2 Å². The number of aryl methyl sites for hydroxylation is 1. The zero-order valence-electron chi connectivity index (χ0n) is 16.1. The number of sulfonamides is 1. The Labute approximate surface area is 166 Å². The maximum Gasteiger partial charge on any atom is 0.255 e. The molecule has 146 valence electrons. The number of halogens is 1. The van der Waals surface area contributed by atoms with Crippen molar-refractivity contribution in [3.8, 4) is 0 Å². The van der Waals surface area contributed by atoms with E-state index in [1.165, 1.54) is 32.3 Å². The van der Waals surface area contributed by atoms with Crippen LogP contribution in [0, 0.1) is 6.92 Å². The second-order valence-corrected chi connectivity index (χ2v) is 9.20. The molecule has 0 aliphatic carbocycles. The Hall–Kier alpha value is -1.89. The zero-order chi connectivity index (χ0) is 20.2. The Morgan fingerprint density at radius 3 is 2.26 bits per heavy atom. The number of nitrogens with zero attached hydrogens (tertiary/aromatic N) is 2. The fourth-order valence-electron chi connectivity index (χ4n) is 2.65. The predicted molar refractivity (Wildman–Crippen MR) is 109 cm³/mol. The summed E-state index contributed by atoms with van der Waals surface area (Å²) >= 11 is 6.23. The molecular formula is C20H25ClN2O3S. The van der Waals surface area contributed by atoms with Gasteiger partial charge in [0.2, 0.25) is 10.0 Å². The van der Waals surface area contributed by atoms with Gasteiger partial charge in [0, 0.05) is 27.2 Å². The monoisotopic (exact) mass is 408 g/mol. The molecule has 7 heteroatoms. The van der Waals surface area contributed by atoms with E-state index in [4.69, 9.17) is 11.6 Å². The summed E-state index contributed by atoms with van der Waals surface area (Å²) in [6.07, 6.45) is 0.783. The van der Waals surface area contributed by atoms with Gasteiger partial charge in [-0.2, -0.15) is 0 Å². The van der Waals surface area contributed by atoms with Crippen LogP contribution in [0.1, 0.15) is 34.8 Å². The number of rotatable bonds is 7. The van der Waals surface area contributed by atoms with Crippen molar-refractivity contribution in [1.82, 2.24) is 9.21 Å². The third-order valence-electron chi connectivity index (χ3n) is 4.22. The first kappa shape index (κ1) is 21.4. The summed E-state index contributed by atoms with van der Waals surface area (Å²) in [7, 11) is -0.746. The van der Waals surface area contributed by atoms with E-state index < -0.39 is 10.0 Å². The van der Waals surface area contributed by atoms with Crippen molar-refractivity contribution in [3.63, 3.8) is 0 Å². The van der Waals surface area contributed by atoms with Crippen LogP contribution in [0.15, 0.2) is 47.4 Å². The molecule has 0 saturated heterocycles. The average molecular weight is 409 g/mol.